The molecule has 0 amide bonds. The summed E-state index contributed by atoms with van der Waals surface area (Å²) in [6.07, 6.45) is 6.49. The average molecular weight is 238 g/mol. The van der Waals surface area contributed by atoms with Crippen molar-refractivity contribution in [2.24, 2.45) is 0 Å². The van der Waals surface area contributed by atoms with Crippen LogP contribution in [0.2, 0.25) is 0 Å². The molecule has 0 aromatic carbocycles. The largest absolute Gasteiger partial charge is 0.335 e. The highest BCUT2D eigenvalue weighted by atomic mass is 35.5. The Morgan fingerprint density at radius 1 is 1.31 bits per heavy atom. The first-order valence-corrected chi connectivity index (χ1v) is 6.40. The van der Waals surface area contributed by atoms with Gasteiger partial charge in [0.25, 0.3) is 0 Å². The Balaban J connectivity index is 1.91. The number of aryl methyl sites for hydroxylation is 1. The van der Waals surface area contributed by atoms with Gasteiger partial charge >= 0.3 is 0 Å². The fraction of sp³-hybridized carbons (Fsp3) is 0.667. The van der Waals surface area contributed by atoms with E-state index in [0.29, 0.717) is 17.5 Å². The zero-order valence-electron chi connectivity index (χ0n) is 9.43. The van der Waals surface area contributed by atoms with Crippen LogP contribution < -0.4 is 4.90 Å². The van der Waals surface area contributed by atoms with Crippen LogP contribution in [0.15, 0.2) is 12.3 Å². The highest BCUT2D eigenvalue weighted by Gasteiger charge is 2.41. The molecular weight excluding hydrogens is 222 g/mol. The van der Waals surface area contributed by atoms with Crippen LogP contribution in [0.4, 0.5) is 5.95 Å². The monoisotopic (exact) mass is 237 g/mol. The van der Waals surface area contributed by atoms with E-state index in [0.717, 1.165) is 24.5 Å². The lowest BCUT2D eigenvalue weighted by Crippen LogP contribution is -2.44. The Hall–Kier alpha value is -0.830. The Kier molecular flexibility index (Phi) is 2.51. The lowest BCUT2D eigenvalue weighted by Gasteiger charge is -2.37. The van der Waals surface area contributed by atoms with Crippen molar-refractivity contribution in [1.29, 1.82) is 0 Å². The van der Waals surface area contributed by atoms with Crippen molar-refractivity contribution in [2.75, 3.05) is 4.90 Å². The van der Waals surface area contributed by atoms with Crippen molar-refractivity contribution < 1.29 is 0 Å². The molecule has 1 aromatic heterocycles. The highest BCUT2D eigenvalue weighted by molar-refractivity contribution is 6.20. The summed E-state index contributed by atoms with van der Waals surface area (Å²) in [5.41, 5.74) is 1.04. The van der Waals surface area contributed by atoms with E-state index in [4.69, 9.17) is 11.6 Å². The van der Waals surface area contributed by atoms with Gasteiger partial charge in [-0.2, -0.15) is 0 Å². The second-order valence-electron chi connectivity index (χ2n) is 4.86. The number of alkyl halides is 1. The third-order valence-electron chi connectivity index (χ3n) is 3.69. The molecule has 2 bridgehead atoms. The summed E-state index contributed by atoms with van der Waals surface area (Å²) < 4.78 is 0. The smallest absolute Gasteiger partial charge is 0.226 e. The normalized spacial score (nSPS) is 33.1. The maximum absolute atomic E-state index is 6.26. The van der Waals surface area contributed by atoms with Crippen molar-refractivity contribution in [3.05, 3.63) is 18.0 Å². The molecular formula is C12H16ClN3. The van der Waals surface area contributed by atoms with E-state index in [2.05, 4.69) is 14.9 Å². The maximum Gasteiger partial charge on any atom is 0.226 e. The summed E-state index contributed by atoms with van der Waals surface area (Å²) in [5, 5.41) is 0.346. The van der Waals surface area contributed by atoms with E-state index < -0.39 is 0 Å². The fourth-order valence-corrected chi connectivity index (χ4v) is 3.41. The third-order valence-corrected chi connectivity index (χ3v) is 4.04. The van der Waals surface area contributed by atoms with E-state index in [1.54, 1.807) is 0 Å². The van der Waals surface area contributed by atoms with Gasteiger partial charge in [0.05, 0.1) is 0 Å². The van der Waals surface area contributed by atoms with Gasteiger partial charge in [0.2, 0.25) is 5.95 Å². The molecule has 16 heavy (non-hydrogen) atoms. The topological polar surface area (TPSA) is 29.0 Å². The first-order valence-electron chi connectivity index (χ1n) is 5.96. The highest BCUT2D eigenvalue weighted by Crippen LogP contribution is 2.39. The van der Waals surface area contributed by atoms with Gasteiger partial charge in [0.15, 0.2) is 0 Å². The number of aromatic nitrogens is 2. The Labute approximate surface area is 101 Å². The zero-order valence-corrected chi connectivity index (χ0v) is 10.2. The van der Waals surface area contributed by atoms with Crippen molar-refractivity contribution in [2.45, 2.75) is 50.1 Å². The SMILES string of the molecule is Cc1ccnc(N2C3CCC2CC(Cl)C3)n1. The number of halogens is 1. The first-order chi connectivity index (χ1) is 7.74. The van der Waals surface area contributed by atoms with Crippen LogP contribution in [0, 0.1) is 6.92 Å². The van der Waals surface area contributed by atoms with Gasteiger partial charge in [-0.25, -0.2) is 9.97 Å². The van der Waals surface area contributed by atoms with Gasteiger partial charge in [-0.1, -0.05) is 0 Å². The summed E-state index contributed by atoms with van der Waals surface area (Å²) >= 11 is 6.26. The van der Waals surface area contributed by atoms with Gasteiger partial charge in [-0.3, -0.25) is 0 Å². The number of anilines is 1. The van der Waals surface area contributed by atoms with Crippen LogP contribution in [0.3, 0.4) is 0 Å². The first kappa shape index (κ1) is 10.3. The molecule has 3 rings (SSSR count). The molecule has 0 aliphatic carbocycles. The number of rotatable bonds is 1. The quantitative estimate of drug-likeness (QED) is 0.703. The summed E-state index contributed by atoms with van der Waals surface area (Å²) in [7, 11) is 0. The van der Waals surface area contributed by atoms with E-state index in [-0.39, 0.29) is 0 Å². The molecule has 2 saturated heterocycles. The number of hydrogen-bond donors (Lipinski definition) is 0. The summed E-state index contributed by atoms with van der Waals surface area (Å²) in [5.74, 6) is 0.899. The molecule has 1 aromatic rings. The van der Waals surface area contributed by atoms with Crippen molar-refractivity contribution >= 4 is 17.5 Å². The lowest BCUT2D eigenvalue weighted by atomic mass is 10.0. The van der Waals surface area contributed by atoms with Gasteiger partial charge < -0.3 is 4.90 Å². The van der Waals surface area contributed by atoms with E-state index in [9.17, 15) is 0 Å². The second-order valence-corrected chi connectivity index (χ2v) is 5.48. The summed E-state index contributed by atoms with van der Waals surface area (Å²) in [4.78, 5) is 11.3. The van der Waals surface area contributed by atoms with Crippen molar-refractivity contribution in [1.82, 2.24) is 9.97 Å². The molecule has 2 fully saturated rings. The second kappa shape index (κ2) is 3.88. The van der Waals surface area contributed by atoms with Crippen LogP contribution in [-0.4, -0.2) is 27.4 Å². The molecule has 0 saturated carbocycles. The summed E-state index contributed by atoms with van der Waals surface area (Å²) in [6.45, 7) is 2.02. The molecule has 2 aliphatic heterocycles. The van der Waals surface area contributed by atoms with Crippen molar-refractivity contribution in [3.8, 4) is 0 Å². The Morgan fingerprint density at radius 3 is 2.62 bits per heavy atom. The minimum Gasteiger partial charge on any atom is -0.335 e. The Bertz CT molecular complexity index is 382. The summed E-state index contributed by atoms with van der Waals surface area (Å²) in [6, 6.07) is 3.06. The fourth-order valence-electron chi connectivity index (χ4n) is 3.00. The predicted octanol–water partition coefficient (Wildman–Crippen LogP) is 2.52. The maximum atomic E-state index is 6.26. The standard InChI is InChI=1S/C12H16ClN3/c1-8-4-5-14-12(15-8)16-10-2-3-11(16)7-9(13)6-10/h4-5,9-11H,2-3,6-7H2,1H3. The molecule has 2 aliphatic rings. The molecule has 4 heteroatoms. The van der Waals surface area contributed by atoms with Crippen LogP contribution >= 0.6 is 11.6 Å². The van der Waals surface area contributed by atoms with Crippen LogP contribution in [-0.2, 0) is 0 Å². The van der Waals surface area contributed by atoms with Gasteiger partial charge in [-0.05, 0) is 38.7 Å². The van der Waals surface area contributed by atoms with Crippen LogP contribution in [0.1, 0.15) is 31.4 Å². The van der Waals surface area contributed by atoms with Crippen molar-refractivity contribution in [3.63, 3.8) is 0 Å². The molecule has 3 nitrogen and oxygen atoms in total. The minimum absolute atomic E-state index is 0.346. The van der Waals surface area contributed by atoms with Crippen LogP contribution in [0.25, 0.3) is 0 Å². The molecule has 0 spiro atoms. The minimum atomic E-state index is 0.346. The average Bonchev–Trinajstić information content (AvgIpc) is 2.51. The van der Waals surface area contributed by atoms with Gasteiger partial charge in [-0.15, -0.1) is 11.6 Å². The number of fused-ring (bicyclic) bond motifs is 2. The predicted molar refractivity (Wildman–Crippen MR) is 64.9 cm³/mol. The third kappa shape index (κ3) is 1.67. The van der Waals surface area contributed by atoms with E-state index in [1.165, 1.54) is 12.8 Å². The number of piperidine rings is 1. The Morgan fingerprint density at radius 2 is 2.00 bits per heavy atom. The lowest BCUT2D eigenvalue weighted by molar-refractivity contribution is 0.466. The molecule has 2 atom stereocenters. The number of nitrogens with zero attached hydrogens (tertiary/aromatic N) is 3. The molecule has 86 valence electrons. The zero-order chi connectivity index (χ0) is 11.1. The van der Waals surface area contributed by atoms with Gasteiger partial charge in [0, 0.05) is 29.4 Å². The van der Waals surface area contributed by atoms with E-state index >= 15 is 0 Å². The molecule has 0 radical (unpaired) electrons. The molecule has 2 unspecified atom stereocenters. The van der Waals surface area contributed by atoms with E-state index in [1.807, 2.05) is 19.2 Å². The van der Waals surface area contributed by atoms with Crippen LogP contribution in [0.5, 0.6) is 0 Å². The molecule has 0 N–H and O–H groups in total. The molecule has 3 heterocycles. The van der Waals surface area contributed by atoms with Gasteiger partial charge in [0.1, 0.15) is 0 Å². The number of hydrogen-bond acceptors (Lipinski definition) is 3.